The molecule has 186 valence electrons. The van der Waals surface area contributed by atoms with Gasteiger partial charge in [0.05, 0.1) is 15.5 Å². The molecule has 1 aliphatic carbocycles. The van der Waals surface area contributed by atoms with Crippen LogP contribution in [0.1, 0.15) is 69.9 Å². The number of carbonyl (C=O) groups excluding carboxylic acids is 1. The number of halogens is 1. The van der Waals surface area contributed by atoms with Crippen molar-refractivity contribution in [3.63, 3.8) is 0 Å². The van der Waals surface area contributed by atoms with Gasteiger partial charge in [-0.25, -0.2) is 26.4 Å². The van der Waals surface area contributed by atoms with Crippen LogP contribution in [-0.4, -0.2) is 28.9 Å². The van der Waals surface area contributed by atoms with Crippen LogP contribution in [0.5, 0.6) is 0 Å². The molecule has 34 heavy (non-hydrogen) atoms. The average molecular weight is 528 g/mol. The van der Waals surface area contributed by atoms with Crippen LogP contribution in [0.25, 0.3) is 0 Å². The van der Waals surface area contributed by atoms with Gasteiger partial charge >= 0.3 is 6.03 Å². The van der Waals surface area contributed by atoms with Crippen molar-refractivity contribution < 1.29 is 21.6 Å². The molecule has 8 nitrogen and oxygen atoms in total. The first-order valence-electron chi connectivity index (χ1n) is 11.1. The van der Waals surface area contributed by atoms with Crippen molar-refractivity contribution in [1.82, 2.24) is 4.72 Å². The Bertz CT molecular complexity index is 1270. The Morgan fingerprint density at radius 3 is 1.97 bits per heavy atom. The lowest BCUT2D eigenvalue weighted by Crippen LogP contribution is -2.42. The summed E-state index contributed by atoms with van der Waals surface area (Å²) in [4.78, 5) is 12.1. The molecular weight excluding hydrogens is 498 g/mol. The van der Waals surface area contributed by atoms with Crippen LogP contribution < -0.4 is 14.8 Å². The Hall–Kier alpha value is -2.14. The van der Waals surface area contributed by atoms with Gasteiger partial charge in [-0.05, 0) is 66.1 Å². The fourth-order valence-corrected chi connectivity index (χ4v) is 6.91. The number of anilines is 1. The number of carbonyl (C=O) groups is 1. The van der Waals surface area contributed by atoms with Crippen molar-refractivity contribution in [2.45, 2.75) is 74.6 Å². The molecule has 11 heteroatoms. The third-order valence-corrected chi connectivity index (χ3v) is 9.29. The second-order valence-corrected chi connectivity index (χ2v) is 13.0. The van der Waals surface area contributed by atoms with Crippen LogP contribution in [0.15, 0.2) is 46.2 Å². The molecule has 3 N–H and O–H groups in total. The first-order valence-corrected chi connectivity index (χ1v) is 14.4. The van der Waals surface area contributed by atoms with E-state index in [9.17, 15) is 21.6 Å². The fourth-order valence-electron chi connectivity index (χ4n) is 3.83. The molecule has 0 saturated heterocycles. The molecule has 0 unspecified atom stereocenters. The molecule has 0 heterocycles. The van der Waals surface area contributed by atoms with Gasteiger partial charge in [0, 0.05) is 11.1 Å². The number of rotatable bonds is 8. The van der Waals surface area contributed by atoms with Crippen molar-refractivity contribution in [1.29, 1.82) is 0 Å². The van der Waals surface area contributed by atoms with Gasteiger partial charge in [-0.15, -0.1) is 0 Å². The third-order valence-electron chi connectivity index (χ3n) is 5.86. The maximum absolute atomic E-state index is 13.8. The smallest absolute Gasteiger partial charge is 0.333 e. The van der Waals surface area contributed by atoms with E-state index in [0.717, 1.165) is 25.3 Å². The van der Waals surface area contributed by atoms with E-state index >= 15 is 0 Å². The quantitative estimate of drug-likeness (QED) is 0.514. The standard InChI is InChI=1S/C23H30ClN3O5S2/c1-14(2)20-11-16(24)12-21(15(3)4)22(20)27(23(25)28)34(31,32)19-10-6-9-18(13-19)33(29,30)26-17-7-5-8-17/h6,9-15,17,26H,5,7-8H2,1-4H3,(H2,25,28). The lowest BCUT2D eigenvalue weighted by Gasteiger charge is -2.29. The summed E-state index contributed by atoms with van der Waals surface area (Å²) in [7, 11) is -8.49. The Morgan fingerprint density at radius 2 is 1.53 bits per heavy atom. The van der Waals surface area contributed by atoms with Crippen LogP contribution in [0.3, 0.4) is 0 Å². The summed E-state index contributed by atoms with van der Waals surface area (Å²) in [5, 5.41) is 0.410. The molecule has 3 rings (SSSR count). The van der Waals surface area contributed by atoms with Gasteiger partial charge in [-0.2, -0.15) is 4.31 Å². The number of nitrogens with one attached hydrogen (secondary N) is 1. The van der Waals surface area contributed by atoms with Crippen molar-refractivity contribution >= 4 is 43.4 Å². The Morgan fingerprint density at radius 1 is 1.00 bits per heavy atom. The lowest BCUT2D eigenvalue weighted by atomic mass is 9.92. The van der Waals surface area contributed by atoms with Gasteiger partial charge < -0.3 is 5.73 Å². The maximum Gasteiger partial charge on any atom is 0.333 e. The molecular formula is C23H30ClN3O5S2. The number of urea groups is 1. The molecule has 2 aromatic carbocycles. The van der Waals surface area contributed by atoms with Gasteiger partial charge in [-0.1, -0.05) is 51.8 Å². The second-order valence-electron chi connectivity index (χ2n) is 9.07. The normalized spacial score (nSPS) is 14.9. The molecule has 0 atom stereocenters. The number of amides is 2. The predicted octanol–water partition coefficient (Wildman–Crippen LogP) is 4.69. The monoisotopic (exact) mass is 527 g/mol. The van der Waals surface area contributed by atoms with Gasteiger partial charge in [-0.3, -0.25) is 0 Å². The first-order chi connectivity index (χ1) is 15.8. The highest BCUT2D eigenvalue weighted by molar-refractivity contribution is 7.93. The molecule has 1 aliphatic rings. The molecule has 0 aromatic heterocycles. The summed E-state index contributed by atoms with van der Waals surface area (Å²) >= 11 is 6.30. The minimum Gasteiger partial charge on any atom is -0.350 e. The molecule has 0 radical (unpaired) electrons. The van der Waals surface area contributed by atoms with Gasteiger partial charge in [0.1, 0.15) is 0 Å². The van der Waals surface area contributed by atoms with Crippen LogP contribution in [0.2, 0.25) is 5.02 Å². The van der Waals surface area contributed by atoms with E-state index in [1.54, 1.807) is 12.1 Å². The highest BCUT2D eigenvalue weighted by atomic mass is 35.5. The summed E-state index contributed by atoms with van der Waals surface area (Å²) in [5.74, 6) is -0.358. The van der Waals surface area contributed by atoms with Crippen molar-refractivity contribution in [2.75, 3.05) is 4.31 Å². The molecule has 2 amide bonds. The Balaban J connectivity index is 2.19. The molecule has 1 fully saturated rings. The zero-order valence-corrected chi connectivity index (χ0v) is 22.0. The number of benzene rings is 2. The zero-order chi connectivity index (χ0) is 25.4. The van der Waals surface area contributed by atoms with Crippen molar-refractivity contribution in [3.8, 4) is 0 Å². The Labute approximate surface area is 206 Å². The number of hydrogen-bond donors (Lipinski definition) is 2. The highest BCUT2D eigenvalue weighted by Gasteiger charge is 2.35. The zero-order valence-electron chi connectivity index (χ0n) is 19.6. The van der Waals surface area contributed by atoms with Gasteiger partial charge in [0.15, 0.2) is 0 Å². The van der Waals surface area contributed by atoms with Gasteiger partial charge in [0.2, 0.25) is 10.0 Å². The molecule has 0 bridgehead atoms. The summed E-state index contributed by atoms with van der Waals surface area (Å²) in [6, 6.07) is 6.80. The van der Waals surface area contributed by atoms with E-state index in [2.05, 4.69) is 4.72 Å². The van der Waals surface area contributed by atoms with Crippen molar-refractivity contribution in [3.05, 3.63) is 52.5 Å². The second kappa shape index (κ2) is 9.85. The van der Waals surface area contributed by atoms with Crippen LogP contribution in [0.4, 0.5) is 10.5 Å². The van der Waals surface area contributed by atoms with E-state index in [1.165, 1.54) is 18.2 Å². The van der Waals surface area contributed by atoms with E-state index in [4.69, 9.17) is 17.3 Å². The summed E-state index contributed by atoms with van der Waals surface area (Å²) in [6.45, 7) is 7.41. The summed E-state index contributed by atoms with van der Waals surface area (Å²) < 4.78 is 56.2. The number of sulfonamides is 2. The van der Waals surface area contributed by atoms with Gasteiger partial charge in [0.25, 0.3) is 10.0 Å². The van der Waals surface area contributed by atoms with Crippen molar-refractivity contribution in [2.24, 2.45) is 5.73 Å². The predicted molar refractivity (Wildman–Crippen MR) is 133 cm³/mol. The van der Waals surface area contributed by atoms with E-state index in [-0.39, 0.29) is 33.4 Å². The summed E-state index contributed by atoms with van der Waals surface area (Å²) in [5.41, 5.74) is 6.84. The fraction of sp³-hybridized carbons (Fsp3) is 0.435. The summed E-state index contributed by atoms with van der Waals surface area (Å²) in [6.07, 6.45) is 2.41. The van der Waals surface area contributed by atoms with Crippen LogP contribution in [0, 0.1) is 0 Å². The minimum absolute atomic E-state index is 0.141. The number of primary amides is 1. The van der Waals surface area contributed by atoms with Crippen LogP contribution in [-0.2, 0) is 20.0 Å². The largest absolute Gasteiger partial charge is 0.350 e. The number of nitrogens with two attached hydrogens (primary N) is 1. The molecule has 0 aliphatic heterocycles. The minimum atomic E-state index is -4.56. The van der Waals surface area contributed by atoms with Crippen LogP contribution >= 0.6 is 11.6 Å². The topological polar surface area (TPSA) is 127 Å². The van der Waals surface area contributed by atoms with E-state index < -0.39 is 26.1 Å². The molecule has 1 saturated carbocycles. The highest BCUT2D eigenvalue weighted by Crippen LogP contribution is 2.40. The Kier molecular flexibility index (Phi) is 7.66. The van der Waals surface area contributed by atoms with E-state index in [0.29, 0.717) is 20.5 Å². The number of hydrogen-bond acceptors (Lipinski definition) is 5. The number of nitrogens with zero attached hydrogens (tertiary/aromatic N) is 1. The SMILES string of the molecule is CC(C)c1cc(Cl)cc(C(C)C)c1N(C(N)=O)S(=O)(=O)c1cccc(S(=O)(=O)NC2CCC2)c1. The lowest BCUT2D eigenvalue weighted by molar-refractivity contribution is 0.257. The molecule has 0 spiro atoms. The average Bonchev–Trinajstić information content (AvgIpc) is 2.71. The molecule has 2 aromatic rings. The first kappa shape index (κ1) is 26.5. The third kappa shape index (κ3) is 5.25. The van der Waals surface area contributed by atoms with E-state index in [1.807, 2.05) is 27.7 Å². The maximum atomic E-state index is 13.8.